The van der Waals surface area contributed by atoms with Crippen LogP contribution in [0.2, 0.25) is 5.02 Å². The fraction of sp³-hybridized carbons (Fsp3) is 0.538. The molecule has 6 aliphatic carbocycles. The average Bonchev–Trinajstić information content (AvgIpc) is 3.53. The second-order valence-electron chi connectivity index (χ2n) is 16.0. The van der Waals surface area contributed by atoms with Crippen LogP contribution < -0.4 is 4.74 Å². The van der Waals surface area contributed by atoms with Crippen LogP contribution in [0.5, 0.6) is 5.75 Å². The number of carbonyl (C=O) groups excluding carboxylic acids is 2. The molecule has 2 bridgehead atoms. The summed E-state index contributed by atoms with van der Waals surface area (Å²) < 4.78 is 63.5. The van der Waals surface area contributed by atoms with E-state index in [4.69, 9.17) is 16.3 Å². The summed E-state index contributed by atoms with van der Waals surface area (Å²) in [6.45, 7) is 4.97. The number of amides is 1. The van der Waals surface area contributed by atoms with E-state index in [1.165, 1.54) is 36.4 Å². The number of ketones is 1. The van der Waals surface area contributed by atoms with Gasteiger partial charge < -0.3 is 14.6 Å². The minimum atomic E-state index is -4.80. The lowest BCUT2D eigenvalue weighted by atomic mass is 9.32. The lowest BCUT2D eigenvalue weighted by Gasteiger charge is -2.71. The number of carbonyl (C=O) groups is 2. The first-order valence-corrected chi connectivity index (χ1v) is 17.8. The van der Waals surface area contributed by atoms with Crippen LogP contribution in [0.15, 0.2) is 66.3 Å². The summed E-state index contributed by atoms with van der Waals surface area (Å²) in [6, 6.07) is 9.91. The molecule has 1 amide bonds. The second-order valence-corrected chi connectivity index (χ2v) is 16.4. The normalized spacial score (nSPS) is 38.4. The van der Waals surface area contributed by atoms with Crippen molar-refractivity contribution >= 4 is 23.5 Å². The Morgan fingerprint density at radius 2 is 1.72 bits per heavy atom. The molecule has 50 heavy (non-hydrogen) atoms. The van der Waals surface area contributed by atoms with Gasteiger partial charge in [-0.15, -0.1) is 13.2 Å². The molecule has 2 aromatic rings. The lowest BCUT2D eigenvalue weighted by molar-refractivity contribution is -0.274. The summed E-state index contributed by atoms with van der Waals surface area (Å²) in [5, 5.41) is 11.1. The van der Waals surface area contributed by atoms with Crippen LogP contribution in [0.1, 0.15) is 69.9 Å². The minimum Gasteiger partial charge on any atom is -0.440 e. The Balaban J connectivity index is 1.14. The number of allylic oxidation sites excluding steroid dienone is 4. The highest BCUT2D eigenvalue weighted by Gasteiger charge is 2.76. The van der Waals surface area contributed by atoms with Crippen molar-refractivity contribution in [2.45, 2.75) is 89.8 Å². The zero-order chi connectivity index (χ0) is 35.5. The molecular formula is C39H40ClF4NO5. The van der Waals surface area contributed by atoms with Gasteiger partial charge in [0.25, 0.3) is 0 Å². The number of halogens is 5. The van der Waals surface area contributed by atoms with E-state index in [1.54, 1.807) is 11.0 Å². The number of aliphatic hydroxyl groups excluding tert-OH is 1. The van der Waals surface area contributed by atoms with Gasteiger partial charge in [-0.05, 0) is 92.0 Å². The Morgan fingerprint density at radius 1 is 1.02 bits per heavy atom. The van der Waals surface area contributed by atoms with Crippen molar-refractivity contribution in [1.29, 1.82) is 0 Å². The average molecular weight is 714 g/mol. The molecule has 8 atom stereocenters. The molecule has 6 nitrogen and oxygen atoms in total. The van der Waals surface area contributed by atoms with Crippen molar-refractivity contribution in [3.05, 3.63) is 88.2 Å². The largest absolute Gasteiger partial charge is 0.573 e. The first kappa shape index (κ1) is 33.8. The zero-order valence-electron chi connectivity index (χ0n) is 28.0. The highest BCUT2D eigenvalue weighted by Crippen LogP contribution is 2.79. The Kier molecular flexibility index (Phi) is 7.47. The van der Waals surface area contributed by atoms with Crippen molar-refractivity contribution in [3.63, 3.8) is 0 Å². The van der Waals surface area contributed by atoms with E-state index in [0.717, 1.165) is 19.3 Å². The fourth-order valence-electron chi connectivity index (χ4n) is 11.5. The van der Waals surface area contributed by atoms with E-state index < -0.39 is 46.2 Å². The molecule has 3 saturated carbocycles. The number of Topliss-reactive ketones (excluding diaryl/α,β-unsaturated/α-hetero) is 1. The molecule has 266 valence electrons. The van der Waals surface area contributed by atoms with Crippen molar-refractivity contribution in [1.82, 2.24) is 4.90 Å². The molecule has 1 N–H and O–H groups in total. The van der Waals surface area contributed by atoms with Gasteiger partial charge in [-0.3, -0.25) is 9.69 Å². The third-order valence-electron chi connectivity index (χ3n) is 13.9. The van der Waals surface area contributed by atoms with Gasteiger partial charge in [0.2, 0.25) is 0 Å². The van der Waals surface area contributed by atoms with Crippen molar-refractivity contribution in [3.8, 4) is 5.75 Å². The number of rotatable bonds is 6. The van der Waals surface area contributed by atoms with Crippen molar-refractivity contribution in [2.75, 3.05) is 6.54 Å². The van der Waals surface area contributed by atoms with Gasteiger partial charge in [0.05, 0.1) is 12.6 Å². The van der Waals surface area contributed by atoms with Gasteiger partial charge in [0.1, 0.15) is 17.2 Å². The van der Waals surface area contributed by atoms with E-state index in [-0.39, 0.29) is 52.3 Å². The van der Waals surface area contributed by atoms with E-state index in [9.17, 15) is 27.9 Å². The smallest absolute Gasteiger partial charge is 0.440 e. The SMILES string of the molecule is C[C@]12CC[C@H]3[C@@]4(C=C[C@@]5(C=C4C(=O)Cc4c(F)cccc4Cl)C[C@@H](O)CC[C@]35C)[C@@H]1CC[C@@]21CN(Cc2ccc(OC(F)(F)F)cc2)C(=O)O1. The maximum absolute atomic E-state index is 15.1. The predicted octanol–water partition coefficient (Wildman–Crippen LogP) is 8.74. The second kappa shape index (κ2) is 11.1. The first-order valence-electron chi connectivity index (χ1n) is 17.5. The number of ether oxygens (including phenoxy) is 2. The topological polar surface area (TPSA) is 76.1 Å². The van der Waals surface area contributed by atoms with Gasteiger partial charge in [-0.1, -0.05) is 61.9 Å². The summed E-state index contributed by atoms with van der Waals surface area (Å²) >= 11 is 6.43. The molecule has 0 radical (unpaired) electrons. The number of aliphatic hydroxyl groups is 1. The predicted molar refractivity (Wildman–Crippen MR) is 176 cm³/mol. The zero-order valence-corrected chi connectivity index (χ0v) is 28.7. The molecule has 7 aliphatic rings. The van der Waals surface area contributed by atoms with Gasteiger partial charge >= 0.3 is 12.5 Å². The van der Waals surface area contributed by atoms with Crippen LogP contribution in [-0.2, 0) is 22.5 Å². The van der Waals surface area contributed by atoms with Crippen LogP contribution >= 0.6 is 11.6 Å². The molecule has 9 rings (SSSR count). The van der Waals surface area contributed by atoms with Crippen LogP contribution in [0, 0.1) is 39.3 Å². The third-order valence-corrected chi connectivity index (χ3v) is 14.3. The highest BCUT2D eigenvalue weighted by molar-refractivity contribution is 6.31. The maximum Gasteiger partial charge on any atom is 0.573 e. The van der Waals surface area contributed by atoms with Crippen LogP contribution in [0.3, 0.4) is 0 Å². The van der Waals surface area contributed by atoms with Crippen LogP contribution in [0.4, 0.5) is 22.4 Å². The standard InChI is InChI=1S/C39H40ClF4NO5/c1-34-13-10-24(46)19-36(34)16-17-38(27(20-36)30(47)18-26-28(40)4-3-5-29(26)41)31(34)11-14-35(2)32(38)12-15-37(35)22-45(33(48)50-37)21-23-6-8-25(9-7-23)49-39(42,43)44/h3-9,16-17,20,24,31-32,46H,10-15,18-19,21-22H2,1-2H3/t24-,31+,32+,34+,35-,36-,37+,38-/m0/s1. The molecular weight excluding hydrogens is 674 g/mol. The number of benzene rings is 2. The number of alkyl halides is 3. The molecule has 1 heterocycles. The van der Waals surface area contributed by atoms with Crippen LogP contribution in [0.25, 0.3) is 0 Å². The van der Waals surface area contributed by atoms with Crippen LogP contribution in [-0.4, -0.2) is 46.5 Å². The lowest BCUT2D eigenvalue weighted by Crippen LogP contribution is -2.67. The number of fused-ring (bicyclic) bond motifs is 2. The summed E-state index contributed by atoms with van der Waals surface area (Å²) in [4.78, 5) is 29.8. The first-order chi connectivity index (χ1) is 23.5. The van der Waals surface area contributed by atoms with E-state index in [0.29, 0.717) is 43.4 Å². The highest BCUT2D eigenvalue weighted by atomic mass is 35.5. The molecule has 2 aromatic carbocycles. The third kappa shape index (κ3) is 4.69. The van der Waals surface area contributed by atoms with E-state index in [2.05, 4.69) is 36.8 Å². The Hall–Kier alpha value is -3.37. The van der Waals surface area contributed by atoms with E-state index in [1.807, 2.05) is 0 Å². The molecule has 0 unspecified atom stereocenters. The summed E-state index contributed by atoms with van der Waals surface area (Å²) in [7, 11) is 0. The summed E-state index contributed by atoms with van der Waals surface area (Å²) in [5.74, 6) is -1.02. The summed E-state index contributed by atoms with van der Waals surface area (Å²) in [5.41, 5.74) is -1.28. The molecule has 3 spiro atoms. The van der Waals surface area contributed by atoms with Crippen molar-refractivity contribution in [2.24, 2.45) is 33.5 Å². The quantitative estimate of drug-likeness (QED) is 0.239. The Bertz CT molecular complexity index is 1810. The van der Waals surface area contributed by atoms with Gasteiger partial charge in [0, 0.05) is 45.4 Å². The monoisotopic (exact) mass is 713 g/mol. The summed E-state index contributed by atoms with van der Waals surface area (Å²) in [6.07, 6.45) is 5.50. The Labute approximate surface area is 293 Å². The molecule has 0 aromatic heterocycles. The number of hydrogen-bond acceptors (Lipinski definition) is 5. The van der Waals surface area contributed by atoms with Gasteiger partial charge in [-0.2, -0.15) is 0 Å². The van der Waals surface area contributed by atoms with Gasteiger partial charge in [-0.25, -0.2) is 9.18 Å². The molecule has 1 saturated heterocycles. The fourth-order valence-corrected chi connectivity index (χ4v) is 11.8. The van der Waals surface area contributed by atoms with E-state index >= 15 is 4.39 Å². The van der Waals surface area contributed by atoms with Crippen molar-refractivity contribution < 1.29 is 41.7 Å². The minimum absolute atomic E-state index is 0.0650. The number of hydrogen-bond donors (Lipinski definition) is 1. The Morgan fingerprint density at radius 3 is 2.44 bits per heavy atom. The maximum atomic E-state index is 15.1. The molecule has 11 heteroatoms. The number of nitrogens with zero attached hydrogens (tertiary/aromatic N) is 1. The molecule has 4 fully saturated rings. The van der Waals surface area contributed by atoms with Gasteiger partial charge in [0.15, 0.2) is 5.78 Å². The molecule has 1 aliphatic heterocycles.